The van der Waals surface area contributed by atoms with E-state index >= 15 is 0 Å². The summed E-state index contributed by atoms with van der Waals surface area (Å²) in [5.74, 6) is 0. The van der Waals surface area contributed by atoms with Crippen LogP contribution in [-0.4, -0.2) is 3.96 Å². The van der Waals surface area contributed by atoms with Crippen LogP contribution in [0.1, 0.15) is 29.9 Å². The van der Waals surface area contributed by atoms with Crippen molar-refractivity contribution in [3.63, 3.8) is 0 Å². The lowest BCUT2D eigenvalue weighted by Crippen LogP contribution is -2.43. The van der Waals surface area contributed by atoms with Crippen LogP contribution in [0.15, 0.2) is 77.3 Å². The topological polar surface area (TPSA) is 8.17 Å². The van der Waals surface area contributed by atoms with Crippen LogP contribution in [-0.2, 0) is 12.1 Å². The number of benzene rings is 3. The van der Waals surface area contributed by atoms with Crippen molar-refractivity contribution in [1.82, 2.24) is 3.96 Å². The first-order valence-electron chi connectivity index (χ1n) is 10.3. The molecule has 2 nitrogen and oxygen atoms in total. The Labute approximate surface area is 201 Å². The Morgan fingerprint density at radius 2 is 1.68 bits per heavy atom. The molecular weight excluding hydrogens is 484 g/mol. The zero-order valence-corrected chi connectivity index (χ0v) is 20.9. The lowest BCUT2D eigenvalue weighted by molar-refractivity contribution is 0.483. The van der Waals surface area contributed by atoms with Gasteiger partial charge in [-0.3, -0.25) is 3.96 Å². The first-order valence-corrected chi connectivity index (χ1v) is 12.3. The third-order valence-electron chi connectivity index (χ3n) is 6.00. The second kappa shape index (κ2) is 7.73. The molecule has 31 heavy (non-hydrogen) atoms. The number of rotatable bonds is 3. The maximum Gasteiger partial charge on any atom is 0.129 e. The summed E-state index contributed by atoms with van der Waals surface area (Å²) in [5.41, 5.74) is 7.16. The van der Waals surface area contributed by atoms with Crippen molar-refractivity contribution in [2.45, 2.75) is 32.9 Å². The molecule has 0 radical (unpaired) electrons. The highest BCUT2D eigenvalue weighted by Gasteiger charge is 2.40. The summed E-state index contributed by atoms with van der Waals surface area (Å²) >= 11 is 11.4. The quantitative estimate of drug-likeness (QED) is 0.258. The summed E-state index contributed by atoms with van der Waals surface area (Å²) in [6.07, 6.45) is 0. The molecule has 5 heteroatoms. The molecule has 0 fully saturated rings. The number of hydrogen-bond donors (Lipinski definition) is 0. The molecule has 0 amide bonds. The molecule has 0 aliphatic carbocycles. The third kappa shape index (κ3) is 3.49. The molecule has 0 unspecified atom stereocenters. The Morgan fingerprint density at radius 3 is 2.39 bits per heavy atom. The minimum absolute atomic E-state index is 0.188. The molecule has 3 aromatic carbocycles. The smallest absolute Gasteiger partial charge is 0.129 e. The van der Waals surface area contributed by atoms with Gasteiger partial charge in [-0.05, 0) is 62.7 Å². The van der Waals surface area contributed by atoms with Crippen molar-refractivity contribution < 1.29 is 0 Å². The van der Waals surface area contributed by atoms with E-state index in [1.54, 1.807) is 11.5 Å². The Hall–Kier alpha value is -2.21. The monoisotopic (exact) mass is 506 g/mol. The summed E-state index contributed by atoms with van der Waals surface area (Å²) in [6, 6.07) is 25.8. The van der Waals surface area contributed by atoms with E-state index in [2.05, 4.69) is 118 Å². The summed E-state index contributed by atoms with van der Waals surface area (Å²) in [7, 11) is 0. The van der Waals surface area contributed by atoms with Crippen molar-refractivity contribution in [2.24, 2.45) is 0 Å². The van der Waals surface area contributed by atoms with Gasteiger partial charge >= 0.3 is 0 Å². The van der Waals surface area contributed by atoms with E-state index in [0.717, 1.165) is 21.3 Å². The van der Waals surface area contributed by atoms with Crippen molar-refractivity contribution in [3.05, 3.63) is 97.9 Å². The zero-order valence-electron chi connectivity index (χ0n) is 17.7. The molecule has 5 rings (SSSR count). The number of aryl methyl sites for hydroxylation is 1. The van der Waals surface area contributed by atoms with Crippen LogP contribution >= 0.6 is 39.7 Å². The summed E-state index contributed by atoms with van der Waals surface area (Å²) in [4.78, 5) is 3.84. The van der Waals surface area contributed by atoms with E-state index in [1.807, 2.05) is 0 Å². The summed E-state index contributed by atoms with van der Waals surface area (Å²) in [6.45, 7) is 7.63. The van der Waals surface area contributed by atoms with E-state index in [4.69, 9.17) is 12.2 Å². The number of hydrogen-bond acceptors (Lipinski definition) is 3. The fourth-order valence-corrected chi connectivity index (χ4v) is 6.31. The Bertz CT molecular complexity index is 1320. The van der Waals surface area contributed by atoms with E-state index in [0.29, 0.717) is 0 Å². The largest absolute Gasteiger partial charge is 0.357 e. The van der Waals surface area contributed by atoms with Gasteiger partial charge in [0.2, 0.25) is 0 Å². The van der Waals surface area contributed by atoms with Crippen molar-refractivity contribution in [2.75, 3.05) is 4.90 Å². The van der Waals surface area contributed by atoms with Crippen molar-refractivity contribution in [3.8, 4) is 16.8 Å². The fraction of sp³-hybridized carbons (Fsp3) is 0.192. The number of anilines is 1. The molecule has 1 aliphatic heterocycles. The van der Waals surface area contributed by atoms with Gasteiger partial charge in [-0.25, -0.2) is 0 Å². The lowest BCUT2D eigenvalue weighted by Gasteiger charge is -2.44. The van der Waals surface area contributed by atoms with Crippen LogP contribution < -0.4 is 4.90 Å². The van der Waals surface area contributed by atoms with Crippen LogP contribution in [0.25, 0.3) is 16.8 Å². The number of halogens is 1. The number of nitrogens with zero attached hydrogens (tertiary/aromatic N) is 2. The van der Waals surface area contributed by atoms with Crippen LogP contribution in [0, 0.1) is 11.6 Å². The molecule has 2 heterocycles. The van der Waals surface area contributed by atoms with Gasteiger partial charge in [-0.15, -0.1) is 0 Å². The Balaban J connectivity index is 1.73. The molecule has 4 aromatic rings. The van der Waals surface area contributed by atoms with Gasteiger partial charge in [0.25, 0.3) is 0 Å². The molecule has 0 saturated heterocycles. The fourth-order valence-electron chi connectivity index (χ4n) is 4.34. The summed E-state index contributed by atoms with van der Waals surface area (Å²) in [5, 5.41) is 0. The van der Waals surface area contributed by atoms with E-state index in [1.165, 1.54) is 32.8 Å². The predicted molar refractivity (Wildman–Crippen MR) is 138 cm³/mol. The molecule has 1 aromatic heterocycles. The van der Waals surface area contributed by atoms with E-state index in [9.17, 15) is 0 Å². The molecular formula is C26H23BrN2S2. The van der Waals surface area contributed by atoms with Crippen LogP contribution in [0.2, 0.25) is 0 Å². The normalized spacial score (nSPS) is 14.3. The van der Waals surface area contributed by atoms with Gasteiger partial charge in [-0.1, -0.05) is 81.6 Å². The van der Waals surface area contributed by atoms with Gasteiger partial charge in [0.05, 0.1) is 16.1 Å². The number of fused-ring (bicyclic) bond motifs is 3. The standard InChI is InChI=1S/C26H23BrN2S2/c1-17-9-14-22-21(15-17)23-24(26(2,3)28(22)16-18-7-5-4-6-8-18)31-29(25(23)30)20-12-10-19(27)11-13-20/h4-15H,16H2,1-3H3. The van der Waals surface area contributed by atoms with E-state index < -0.39 is 0 Å². The van der Waals surface area contributed by atoms with E-state index in [-0.39, 0.29) is 5.54 Å². The van der Waals surface area contributed by atoms with Crippen molar-refractivity contribution >= 4 is 45.4 Å². The van der Waals surface area contributed by atoms with Crippen LogP contribution in [0.3, 0.4) is 0 Å². The molecule has 0 N–H and O–H groups in total. The highest BCUT2D eigenvalue weighted by atomic mass is 79.9. The Morgan fingerprint density at radius 1 is 0.968 bits per heavy atom. The maximum atomic E-state index is 6.06. The van der Waals surface area contributed by atoms with Gasteiger partial charge in [0.1, 0.15) is 4.64 Å². The van der Waals surface area contributed by atoms with Crippen molar-refractivity contribution in [1.29, 1.82) is 0 Å². The molecule has 0 spiro atoms. The van der Waals surface area contributed by atoms with Crippen LogP contribution in [0.4, 0.5) is 5.69 Å². The molecule has 156 valence electrons. The third-order valence-corrected chi connectivity index (χ3v) is 8.49. The zero-order chi connectivity index (χ0) is 21.8. The summed E-state index contributed by atoms with van der Waals surface area (Å²) < 4.78 is 4.16. The molecule has 0 atom stereocenters. The van der Waals surface area contributed by atoms with Gasteiger partial charge in [0.15, 0.2) is 0 Å². The second-order valence-electron chi connectivity index (χ2n) is 8.52. The maximum absolute atomic E-state index is 6.06. The first-order chi connectivity index (χ1) is 14.9. The average molecular weight is 508 g/mol. The second-order valence-corrected chi connectivity index (χ2v) is 10.8. The van der Waals surface area contributed by atoms with Crippen LogP contribution in [0.5, 0.6) is 0 Å². The predicted octanol–water partition coefficient (Wildman–Crippen LogP) is 8.26. The average Bonchev–Trinajstić information content (AvgIpc) is 3.11. The van der Waals surface area contributed by atoms with Gasteiger partial charge in [0, 0.05) is 27.8 Å². The lowest BCUT2D eigenvalue weighted by atomic mass is 9.86. The molecule has 0 saturated carbocycles. The SMILES string of the molecule is Cc1ccc2c(c1)-c1c(sn(-c3ccc(Br)cc3)c1=S)C(C)(C)N2Cc1ccccc1. The van der Waals surface area contributed by atoms with Gasteiger partial charge in [-0.2, -0.15) is 0 Å². The number of aromatic nitrogens is 1. The molecule has 1 aliphatic rings. The first kappa shape index (κ1) is 20.7. The minimum Gasteiger partial charge on any atom is -0.357 e. The minimum atomic E-state index is -0.188. The van der Waals surface area contributed by atoms with Gasteiger partial charge < -0.3 is 4.90 Å². The molecule has 0 bridgehead atoms. The Kier molecular flexibility index (Phi) is 5.16. The highest BCUT2D eigenvalue weighted by Crippen LogP contribution is 2.51. The highest BCUT2D eigenvalue weighted by molar-refractivity contribution is 9.10.